The number of nitrogens with zero attached hydrogens (tertiary/aromatic N) is 2. The predicted octanol–water partition coefficient (Wildman–Crippen LogP) is 3.49. The number of aliphatic hydroxyl groups is 1. The fourth-order valence-electron chi connectivity index (χ4n) is 4.21. The second-order valence-electron chi connectivity index (χ2n) is 7.96. The van der Waals surface area contributed by atoms with Gasteiger partial charge in [0.25, 0.3) is 11.7 Å². The Kier molecular flexibility index (Phi) is 7.33. The highest BCUT2D eigenvalue weighted by Gasteiger charge is 2.46. The molecule has 0 aliphatic carbocycles. The van der Waals surface area contributed by atoms with E-state index in [4.69, 9.17) is 21.1 Å². The van der Waals surface area contributed by atoms with Crippen LogP contribution in [0.2, 0.25) is 5.02 Å². The smallest absolute Gasteiger partial charge is 0.295 e. The number of hydrogen-bond donors (Lipinski definition) is 1. The van der Waals surface area contributed by atoms with Crippen molar-refractivity contribution in [3.05, 3.63) is 70.3 Å². The maximum Gasteiger partial charge on any atom is 0.295 e. The predicted molar refractivity (Wildman–Crippen MR) is 125 cm³/mol. The lowest BCUT2D eigenvalue weighted by Crippen LogP contribution is -2.42. The first-order chi connectivity index (χ1) is 16.0. The van der Waals surface area contributed by atoms with E-state index in [0.717, 1.165) is 18.7 Å². The van der Waals surface area contributed by atoms with Gasteiger partial charge in [0, 0.05) is 36.8 Å². The molecule has 8 heteroatoms. The van der Waals surface area contributed by atoms with Crippen LogP contribution < -0.4 is 4.74 Å². The Balaban J connectivity index is 1.71. The van der Waals surface area contributed by atoms with Crippen molar-refractivity contribution in [3.63, 3.8) is 0 Å². The highest BCUT2D eigenvalue weighted by atomic mass is 35.5. The number of halogens is 1. The largest absolute Gasteiger partial charge is 0.507 e. The lowest BCUT2D eigenvalue weighted by atomic mass is 9.95. The molecule has 174 valence electrons. The van der Waals surface area contributed by atoms with Gasteiger partial charge in [0.15, 0.2) is 0 Å². The van der Waals surface area contributed by atoms with Crippen LogP contribution in [-0.2, 0) is 14.3 Å². The Bertz CT molecular complexity index is 1030. The number of ketones is 1. The topological polar surface area (TPSA) is 79.3 Å². The Hall–Kier alpha value is -2.87. The minimum absolute atomic E-state index is 0.0773. The number of morpholine rings is 1. The molecule has 2 aromatic carbocycles. The summed E-state index contributed by atoms with van der Waals surface area (Å²) in [5.74, 6) is -0.817. The first-order valence-electron chi connectivity index (χ1n) is 11.1. The van der Waals surface area contributed by atoms with E-state index < -0.39 is 17.7 Å². The molecule has 2 aliphatic heterocycles. The summed E-state index contributed by atoms with van der Waals surface area (Å²) < 4.78 is 10.9. The number of carbonyl (C=O) groups excluding carboxylic acids is 2. The summed E-state index contributed by atoms with van der Waals surface area (Å²) in [4.78, 5) is 29.9. The second kappa shape index (κ2) is 10.4. The monoisotopic (exact) mass is 470 g/mol. The van der Waals surface area contributed by atoms with Gasteiger partial charge in [-0.3, -0.25) is 14.5 Å². The maximum absolute atomic E-state index is 13.1. The number of ether oxygens (including phenoxy) is 2. The number of rotatable bonds is 7. The molecule has 2 saturated heterocycles. The van der Waals surface area contributed by atoms with Crippen LogP contribution >= 0.6 is 11.6 Å². The Labute approximate surface area is 198 Å². The third-order valence-corrected chi connectivity index (χ3v) is 6.18. The molecule has 2 fully saturated rings. The van der Waals surface area contributed by atoms with Crippen LogP contribution in [0.15, 0.2) is 54.1 Å². The van der Waals surface area contributed by atoms with E-state index in [1.807, 2.05) is 31.2 Å². The molecule has 0 bridgehead atoms. The highest BCUT2D eigenvalue weighted by molar-refractivity contribution is 6.46. The molecule has 1 atom stereocenters. The van der Waals surface area contributed by atoms with Crippen LogP contribution in [-0.4, -0.2) is 72.6 Å². The Morgan fingerprint density at radius 2 is 1.73 bits per heavy atom. The molecule has 0 unspecified atom stereocenters. The minimum Gasteiger partial charge on any atom is -0.507 e. The summed E-state index contributed by atoms with van der Waals surface area (Å²) in [5.41, 5.74) is 1.24. The van der Waals surface area contributed by atoms with E-state index >= 15 is 0 Å². The number of Topliss-reactive ketones (excluding diaryl/α,β-unsaturated/α-hetero) is 1. The zero-order valence-electron chi connectivity index (χ0n) is 18.5. The van der Waals surface area contributed by atoms with Crippen molar-refractivity contribution in [2.45, 2.75) is 13.0 Å². The molecule has 0 aromatic heterocycles. The van der Waals surface area contributed by atoms with Gasteiger partial charge in [-0.15, -0.1) is 0 Å². The van der Waals surface area contributed by atoms with Gasteiger partial charge in [0.2, 0.25) is 0 Å². The van der Waals surface area contributed by atoms with Crippen LogP contribution in [0.4, 0.5) is 0 Å². The molecule has 1 N–H and O–H groups in total. The molecule has 7 nitrogen and oxygen atoms in total. The van der Waals surface area contributed by atoms with Crippen molar-refractivity contribution in [2.24, 2.45) is 0 Å². The van der Waals surface area contributed by atoms with E-state index in [0.29, 0.717) is 49.2 Å². The number of benzene rings is 2. The summed E-state index contributed by atoms with van der Waals surface area (Å²) in [6.07, 6.45) is 0. The standard InChI is InChI=1S/C25H27ClN2O5/c1-2-33-20-9-5-17(6-10-20)22-21(23(29)18-3-7-19(26)8-4-18)24(30)25(31)28(22)12-11-27-13-15-32-16-14-27/h3-10,22,29H,2,11-16H2,1H3/t22-/m0/s1. The lowest BCUT2D eigenvalue weighted by molar-refractivity contribution is -0.140. The van der Waals surface area contributed by atoms with Crippen molar-refractivity contribution < 1.29 is 24.2 Å². The van der Waals surface area contributed by atoms with Gasteiger partial charge in [0.05, 0.1) is 31.4 Å². The van der Waals surface area contributed by atoms with Gasteiger partial charge < -0.3 is 19.5 Å². The van der Waals surface area contributed by atoms with Gasteiger partial charge in [-0.2, -0.15) is 0 Å². The molecule has 1 amide bonds. The average Bonchev–Trinajstić information content (AvgIpc) is 3.09. The van der Waals surface area contributed by atoms with Crippen molar-refractivity contribution in [2.75, 3.05) is 46.0 Å². The van der Waals surface area contributed by atoms with Crippen LogP contribution in [0.3, 0.4) is 0 Å². The average molecular weight is 471 g/mol. The third kappa shape index (κ3) is 5.05. The number of hydrogen-bond acceptors (Lipinski definition) is 6. The van der Waals surface area contributed by atoms with E-state index in [-0.39, 0.29) is 11.3 Å². The third-order valence-electron chi connectivity index (χ3n) is 5.93. The first-order valence-corrected chi connectivity index (χ1v) is 11.4. The van der Waals surface area contributed by atoms with E-state index in [9.17, 15) is 14.7 Å². The van der Waals surface area contributed by atoms with Gasteiger partial charge in [-0.1, -0.05) is 23.7 Å². The summed E-state index contributed by atoms with van der Waals surface area (Å²) in [7, 11) is 0. The van der Waals surface area contributed by atoms with Gasteiger partial charge >= 0.3 is 0 Å². The fraction of sp³-hybridized carbons (Fsp3) is 0.360. The Morgan fingerprint density at radius 3 is 2.36 bits per heavy atom. The molecule has 33 heavy (non-hydrogen) atoms. The van der Waals surface area contributed by atoms with Crippen LogP contribution in [0.25, 0.3) is 5.76 Å². The first kappa shape index (κ1) is 23.3. The zero-order chi connectivity index (χ0) is 23.4. The normalized spacial score (nSPS) is 20.9. The summed E-state index contributed by atoms with van der Waals surface area (Å²) >= 11 is 5.98. The quantitative estimate of drug-likeness (QED) is 0.379. The van der Waals surface area contributed by atoms with E-state index in [2.05, 4.69) is 4.90 Å². The summed E-state index contributed by atoms with van der Waals surface area (Å²) in [6.45, 7) is 6.28. The van der Waals surface area contributed by atoms with Gasteiger partial charge in [-0.25, -0.2) is 0 Å². The van der Waals surface area contributed by atoms with Crippen LogP contribution in [0.5, 0.6) is 5.75 Å². The lowest BCUT2D eigenvalue weighted by Gasteiger charge is -2.31. The summed E-state index contributed by atoms with van der Waals surface area (Å²) in [5, 5.41) is 11.6. The number of amides is 1. The molecule has 2 aromatic rings. The van der Waals surface area contributed by atoms with Gasteiger partial charge in [-0.05, 0) is 48.9 Å². The van der Waals surface area contributed by atoms with E-state index in [1.165, 1.54) is 0 Å². The summed E-state index contributed by atoms with van der Waals surface area (Å²) in [6, 6.07) is 13.1. The number of likely N-dealkylation sites (tertiary alicyclic amines) is 1. The fourth-order valence-corrected chi connectivity index (χ4v) is 4.33. The van der Waals surface area contributed by atoms with Crippen molar-refractivity contribution in [1.82, 2.24) is 9.80 Å². The highest BCUT2D eigenvalue weighted by Crippen LogP contribution is 2.39. The molecule has 0 spiro atoms. The molecule has 4 rings (SSSR count). The molecular formula is C25H27ClN2O5. The minimum atomic E-state index is -0.697. The SMILES string of the molecule is CCOc1ccc([C@H]2C(=C(O)c3ccc(Cl)cc3)C(=O)C(=O)N2CCN2CCOCC2)cc1. The number of carbonyl (C=O) groups is 2. The second-order valence-corrected chi connectivity index (χ2v) is 8.39. The van der Waals surface area contributed by atoms with Crippen LogP contribution in [0, 0.1) is 0 Å². The Morgan fingerprint density at radius 1 is 1.06 bits per heavy atom. The molecule has 0 radical (unpaired) electrons. The van der Waals surface area contributed by atoms with Crippen molar-refractivity contribution in [3.8, 4) is 5.75 Å². The molecule has 0 saturated carbocycles. The van der Waals surface area contributed by atoms with Gasteiger partial charge in [0.1, 0.15) is 11.5 Å². The van der Waals surface area contributed by atoms with Crippen LogP contribution in [0.1, 0.15) is 24.1 Å². The maximum atomic E-state index is 13.1. The molecular weight excluding hydrogens is 444 g/mol. The molecule has 2 aliphatic rings. The zero-order valence-corrected chi connectivity index (χ0v) is 19.3. The van der Waals surface area contributed by atoms with Crippen molar-refractivity contribution in [1.29, 1.82) is 0 Å². The van der Waals surface area contributed by atoms with Crippen molar-refractivity contribution >= 4 is 29.1 Å². The van der Waals surface area contributed by atoms with E-state index in [1.54, 1.807) is 29.2 Å². The molecule has 2 heterocycles. The number of aliphatic hydroxyl groups excluding tert-OH is 1.